The zero-order valence-corrected chi connectivity index (χ0v) is 22.0. The van der Waals surface area contributed by atoms with E-state index < -0.39 is 47.9 Å². The molecule has 1 aromatic heterocycles. The summed E-state index contributed by atoms with van der Waals surface area (Å²) >= 11 is 12.2. The maximum Gasteiger partial charge on any atom is 0.379 e. The van der Waals surface area contributed by atoms with Crippen LogP contribution in [-0.4, -0.2) is 46.0 Å². The van der Waals surface area contributed by atoms with Crippen molar-refractivity contribution in [2.24, 2.45) is 11.8 Å². The third kappa shape index (κ3) is 5.32. The van der Waals surface area contributed by atoms with Gasteiger partial charge in [0, 0.05) is 10.6 Å². The number of carbonyl (C=O) groups is 5. The zero-order chi connectivity index (χ0) is 27.7. The minimum Gasteiger partial charge on any atom is -0.457 e. The smallest absolute Gasteiger partial charge is 0.379 e. The molecule has 2 aromatic carbocycles. The maximum atomic E-state index is 13.6. The highest BCUT2D eigenvalue weighted by Crippen LogP contribution is 2.39. The lowest BCUT2D eigenvalue weighted by atomic mass is 9.81. The van der Waals surface area contributed by atoms with Crippen LogP contribution < -0.4 is 4.74 Å². The number of carbonyl (C=O) groups excluding carboxylic acids is 5. The number of furan rings is 1. The Labute approximate surface area is 233 Å². The van der Waals surface area contributed by atoms with E-state index in [1.54, 1.807) is 6.07 Å². The van der Waals surface area contributed by atoms with Crippen LogP contribution in [-0.2, 0) is 9.59 Å². The first kappa shape index (κ1) is 26.6. The average Bonchev–Trinajstić information content (AvgIpc) is 3.55. The van der Waals surface area contributed by atoms with E-state index in [0.29, 0.717) is 17.9 Å². The molecule has 2 heterocycles. The van der Waals surface area contributed by atoms with Crippen molar-refractivity contribution in [3.05, 3.63) is 87.8 Å². The number of amides is 3. The van der Waals surface area contributed by atoms with Gasteiger partial charge >= 0.3 is 5.97 Å². The Bertz CT molecular complexity index is 1430. The lowest BCUT2D eigenvalue weighted by Crippen LogP contribution is -2.52. The lowest BCUT2D eigenvalue weighted by molar-refractivity contribution is -0.154. The molecule has 2 aliphatic rings. The number of hydrogen-bond donors (Lipinski definition) is 0. The van der Waals surface area contributed by atoms with Gasteiger partial charge in [0.15, 0.2) is 5.78 Å². The van der Waals surface area contributed by atoms with E-state index in [9.17, 15) is 24.0 Å². The summed E-state index contributed by atoms with van der Waals surface area (Å²) < 4.78 is 10.2. The molecule has 200 valence electrons. The van der Waals surface area contributed by atoms with E-state index in [4.69, 9.17) is 32.4 Å². The zero-order valence-electron chi connectivity index (χ0n) is 20.5. The van der Waals surface area contributed by atoms with Crippen LogP contribution in [0.15, 0.2) is 65.3 Å². The Morgan fingerprint density at radius 3 is 2.21 bits per heavy atom. The number of ketones is 1. The third-order valence-corrected chi connectivity index (χ3v) is 7.41. The van der Waals surface area contributed by atoms with Gasteiger partial charge in [-0.2, -0.15) is 5.01 Å². The Morgan fingerprint density at radius 2 is 1.62 bits per heavy atom. The number of hydrogen-bond acceptors (Lipinski definition) is 7. The Kier molecular flexibility index (Phi) is 7.54. The summed E-state index contributed by atoms with van der Waals surface area (Å²) in [6.45, 7) is -0.597. The number of fused-ring (bicyclic) bond motifs is 1. The van der Waals surface area contributed by atoms with Gasteiger partial charge in [-0.15, -0.1) is 0 Å². The molecular weight excluding hydrogens is 547 g/mol. The van der Waals surface area contributed by atoms with Gasteiger partial charge in [-0.1, -0.05) is 36.0 Å². The molecule has 1 saturated carbocycles. The predicted molar refractivity (Wildman–Crippen MR) is 139 cm³/mol. The van der Waals surface area contributed by atoms with E-state index in [1.807, 2.05) is 0 Å². The van der Waals surface area contributed by atoms with Gasteiger partial charge in [-0.05, 0) is 67.4 Å². The fourth-order valence-corrected chi connectivity index (χ4v) is 5.40. The number of ether oxygens (including phenoxy) is 1. The first-order valence-electron chi connectivity index (χ1n) is 12.3. The van der Waals surface area contributed by atoms with Crippen LogP contribution in [0.1, 0.15) is 57.0 Å². The summed E-state index contributed by atoms with van der Waals surface area (Å²) in [5.41, 5.74) is 0.161. The highest BCUT2D eigenvalue weighted by Gasteiger charge is 2.52. The second kappa shape index (κ2) is 11.0. The van der Waals surface area contributed by atoms with E-state index in [2.05, 4.69) is 0 Å². The SMILES string of the molecule is O=C(CN(C(=O)c1ccc(Cl)cc1Cl)N1C(=O)[C@H]2CCCC[C@@H]2C1=O)c1ccc(OC(=O)c2ccco2)cc1. The fourth-order valence-electron chi connectivity index (χ4n) is 4.91. The summed E-state index contributed by atoms with van der Waals surface area (Å²) in [6.07, 6.45) is 4.04. The number of hydrazine groups is 1. The normalized spacial score (nSPS) is 18.6. The number of halogens is 2. The van der Waals surface area contributed by atoms with Crippen LogP contribution in [0, 0.1) is 11.8 Å². The topological polar surface area (TPSA) is 114 Å². The van der Waals surface area contributed by atoms with Crippen molar-refractivity contribution in [1.29, 1.82) is 0 Å². The molecule has 1 aliphatic carbocycles. The molecule has 0 radical (unpaired) electrons. The Hall–Kier alpha value is -3.95. The second-order valence-electron chi connectivity index (χ2n) is 9.29. The first-order chi connectivity index (χ1) is 18.7. The van der Waals surface area contributed by atoms with Gasteiger partial charge in [-0.3, -0.25) is 19.2 Å². The Balaban J connectivity index is 1.40. The molecule has 0 spiro atoms. The first-order valence-corrected chi connectivity index (χ1v) is 13.0. The van der Waals surface area contributed by atoms with Gasteiger partial charge < -0.3 is 9.15 Å². The fraction of sp³-hybridized carbons (Fsp3) is 0.250. The van der Waals surface area contributed by atoms with Crippen LogP contribution in [0.4, 0.5) is 0 Å². The summed E-state index contributed by atoms with van der Waals surface area (Å²) in [4.78, 5) is 65.7. The molecule has 11 heteroatoms. The summed E-state index contributed by atoms with van der Waals surface area (Å²) in [6, 6.07) is 12.9. The number of nitrogens with zero attached hydrogens (tertiary/aromatic N) is 2. The van der Waals surface area contributed by atoms with Gasteiger partial charge in [0.25, 0.3) is 17.7 Å². The average molecular weight is 569 g/mol. The monoisotopic (exact) mass is 568 g/mol. The summed E-state index contributed by atoms with van der Waals surface area (Å²) in [5, 5.41) is 1.99. The summed E-state index contributed by atoms with van der Waals surface area (Å²) in [5.74, 6) is -3.91. The molecule has 1 saturated heterocycles. The van der Waals surface area contributed by atoms with E-state index in [-0.39, 0.29) is 27.7 Å². The van der Waals surface area contributed by atoms with E-state index in [1.165, 1.54) is 54.8 Å². The molecule has 2 atom stereocenters. The van der Waals surface area contributed by atoms with Crippen molar-refractivity contribution in [3.8, 4) is 5.75 Å². The molecule has 2 fully saturated rings. The van der Waals surface area contributed by atoms with Crippen LogP contribution in [0.5, 0.6) is 5.75 Å². The molecule has 0 N–H and O–H groups in total. The standard InChI is InChI=1S/C28H22Cl2N2O7/c29-17-9-12-21(22(30)14-17)25(34)31(32-26(35)19-4-1-2-5-20(19)27(32)36)15-23(33)16-7-10-18(11-8-16)39-28(37)24-6-3-13-38-24/h3,6-14,19-20H,1-2,4-5,15H2/t19-,20-/m0/s1. The molecule has 5 rings (SSSR count). The van der Waals surface area contributed by atoms with Crippen molar-refractivity contribution in [3.63, 3.8) is 0 Å². The van der Waals surface area contributed by atoms with E-state index in [0.717, 1.165) is 22.9 Å². The maximum absolute atomic E-state index is 13.6. The number of esters is 1. The molecule has 3 aromatic rings. The van der Waals surface area contributed by atoms with Crippen molar-refractivity contribution in [1.82, 2.24) is 10.0 Å². The van der Waals surface area contributed by atoms with Gasteiger partial charge in [0.2, 0.25) is 5.76 Å². The predicted octanol–water partition coefficient (Wildman–Crippen LogP) is 5.22. The second-order valence-corrected chi connectivity index (χ2v) is 10.1. The number of rotatable bonds is 7. The highest BCUT2D eigenvalue weighted by atomic mass is 35.5. The summed E-state index contributed by atoms with van der Waals surface area (Å²) in [7, 11) is 0. The van der Waals surface area contributed by atoms with Crippen molar-refractivity contribution >= 4 is 52.7 Å². The quantitative estimate of drug-likeness (QED) is 0.166. The minimum absolute atomic E-state index is 0.00970. The van der Waals surface area contributed by atoms with Gasteiger partial charge in [0.05, 0.1) is 28.7 Å². The molecular formula is C28H22Cl2N2O7. The molecule has 9 nitrogen and oxygen atoms in total. The minimum atomic E-state index is -0.783. The molecule has 3 amide bonds. The van der Waals surface area contributed by atoms with Crippen LogP contribution in [0.2, 0.25) is 10.0 Å². The van der Waals surface area contributed by atoms with Crippen LogP contribution in [0.25, 0.3) is 0 Å². The Morgan fingerprint density at radius 1 is 0.949 bits per heavy atom. The van der Waals surface area contributed by atoms with Gasteiger partial charge in [-0.25, -0.2) is 9.80 Å². The lowest BCUT2D eigenvalue weighted by Gasteiger charge is -2.30. The van der Waals surface area contributed by atoms with E-state index >= 15 is 0 Å². The molecule has 39 heavy (non-hydrogen) atoms. The van der Waals surface area contributed by atoms with Crippen molar-refractivity contribution < 1.29 is 33.1 Å². The highest BCUT2D eigenvalue weighted by molar-refractivity contribution is 6.36. The van der Waals surface area contributed by atoms with Crippen LogP contribution >= 0.6 is 23.2 Å². The molecule has 1 aliphatic heterocycles. The third-order valence-electron chi connectivity index (χ3n) is 6.86. The van der Waals surface area contributed by atoms with Gasteiger partial charge in [0.1, 0.15) is 12.3 Å². The molecule has 0 bridgehead atoms. The number of Topliss-reactive ketones (excluding diaryl/α,β-unsaturated/α-hetero) is 1. The molecule has 0 unspecified atom stereocenters. The van der Waals surface area contributed by atoms with Crippen molar-refractivity contribution in [2.75, 3.05) is 6.54 Å². The largest absolute Gasteiger partial charge is 0.457 e. The number of benzene rings is 2. The van der Waals surface area contributed by atoms with Crippen molar-refractivity contribution in [2.45, 2.75) is 25.7 Å². The van der Waals surface area contributed by atoms with Crippen LogP contribution in [0.3, 0.4) is 0 Å². The number of imide groups is 1.